The van der Waals surface area contributed by atoms with Crippen LogP contribution in [-0.2, 0) is 0 Å². The molecule has 2 saturated carbocycles. The third kappa shape index (κ3) is 5.37. The molecule has 0 amide bonds. The Morgan fingerprint density at radius 2 is 1.80 bits per heavy atom. The van der Waals surface area contributed by atoms with Crippen LogP contribution in [-0.4, -0.2) is 38.1 Å². The molecular formula is C18H36N2. The molecule has 0 spiro atoms. The Kier molecular flexibility index (Phi) is 5.92. The molecule has 0 heterocycles. The Morgan fingerprint density at radius 3 is 2.35 bits per heavy atom. The van der Waals surface area contributed by atoms with Gasteiger partial charge < -0.3 is 10.2 Å². The molecule has 2 nitrogen and oxygen atoms in total. The summed E-state index contributed by atoms with van der Waals surface area (Å²) < 4.78 is 0. The summed E-state index contributed by atoms with van der Waals surface area (Å²) >= 11 is 0. The van der Waals surface area contributed by atoms with Crippen molar-refractivity contribution in [1.29, 1.82) is 0 Å². The van der Waals surface area contributed by atoms with Crippen LogP contribution in [0.5, 0.6) is 0 Å². The van der Waals surface area contributed by atoms with Gasteiger partial charge in [0.2, 0.25) is 0 Å². The number of rotatable bonds is 8. The molecule has 2 fully saturated rings. The van der Waals surface area contributed by atoms with Crippen LogP contribution in [0, 0.1) is 23.2 Å². The van der Waals surface area contributed by atoms with Gasteiger partial charge in [0.25, 0.3) is 0 Å². The van der Waals surface area contributed by atoms with Crippen LogP contribution in [0.4, 0.5) is 0 Å². The summed E-state index contributed by atoms with van der Waals surface area (Å²) in [6, 6.07) is 0. The predicted octanol–water partition coefficient (Wildman–Crippen LogP) is 3.77. The van der Waals surface area contributed by atoms with Gasteiger partial charge in [-0.05, 0) is 62.4 Å². The quantitative estimate of drug-likeness (QED) is 0.728. The SMILES string of the molecule is CC(C)CNCC1(CN(C)CC2CC2)CCC(C)CC1. The zero-order valence-corrected chi connectivity index (χ0v) is 14.3. The average molecular weight is 280 g/mol. The second kappa shape index (κ2) is 7.26. The van der Waals surface area contributed by atoms with Crippen LogP contribution >= 0.6 is 0 Å². The molecule has 118 valence electrons. The fourth-order valence-corrected chi connectivity index (χ4v) is 3.77. The van der Waals surface area contributed by atoms with Crippen molar-refractivity contribution >= 4 is 0 Å². The highest BCUT2D eigenvalue weighted by atomic mass is 15.1. The normalized spacial score (nSPS) is 31.2. The molecule has 2 aliphatic carbocycles. The fraction of sp³-hybridized carbons (Fsp3) is 1.00. The smallest absolute Gasteiger partial charge is 0.00472 e. The van der Waals surface area contributed by atoms with Gasteiger partial charge in [-0.2, -0.15) is 0 Å². The monoisotopic (exact) mass is 280 g/mol. The lowest BCUT2D eigenvalue weighted by Gasteiger charge is -2.42. The van der Waals surface area contributed by atoms with Crippen molar-refractivity contribution in [2.75, 3.05) is 33.2 Å². The van der Waals surface area contributed by atoms with Crippen LogP contribution in [0.1, 0.15) is 59.3 Å². The summed E-state index contributed by atoms with van der Waals surface area (Å²) in [5.74, 6) is 2.73. The van der Waals surface area contributed by atoms with Crippen molar-refractivity contribution in [2.24, 2.45) is 23.2 Å². The summed E-state index contributed by atoms with van der Waals surface area (Å²) in [4.78, 5) is 2.63. The van der Waals surface area contributed by atoms with E-state index in [9.17, 15) is 0 Å². The van der Waals surface area contributed by atoms with Gasteiger partial charge in [-0.25, -0.2) is 0 Å². The van der Waals surface area contributed by atoms with E-state index in [0.717, 1.165) is 17.8 Å². The van der Waals surface area contributed by atoms with Gasteiger partial charge in [0.05, 0.1) is 0 Å². The van der Waals surface area contributed by atoms with Gasteiger partial charge in [0, 0.05) is 19.6 Å². The molecular weight excluding hydrogens is 244 g/mol. The molecule has 0 bridgehead atoms. The van der Waals surface area contributed by atoms with Gasteiger partial charge in [0.1, 0.15) is 0 Å². The Bertz CT molecular complexity index is 275. The summed E-state index contributed by atoms with van der Waals surface area (Å²) in [7, 11) is 2.35. The first-order valence-corrected chi connectivity index (χ1v) is 8.88. The zero-order chi connectivity index (χ0) is 14.6. The Labute approximate surface area is 126 Å². The van der Waals surface area contributed by atoms with E-state index in [0.29, 0.717) is 5.41 Å². The summed E-state index contributed by atoms with van der Waals surface area (Å²) in [6.07, 6.45) is 8.66. The number of hydrogen-bond donors (Lipinski definition) is 1. The lowest BCUT2D eigenvalue weighted by Crippen LogP contribution is -2.46. The Balaban J connectivity index is 1.84. The highest BCUT2D eigenvalue weighted by Gasteiger charge is 2.35. The summed E-state index contributed by atoms with van der Waals surface area (Å²) in [5, 5.41) is 3.76. The van der Waals surface area contributed by atoms with E-state index in [1.807, 2.05) is 0 Å². The molecule has 0 atom stereocenters. The molecule has 0 aliphatic heterocycles. The summed E-state index contributed by atoms with van der Waals surface area (Å²) in [6.45, 7) is 12.1. The molecule has 0 aromatic carbocycles. The van der Waals surface area contributed by atoms with Crippen LogP contribution in [0.2, 0.25) is 0 Å². The maximum atomic E-state index is 3.76. The molecule has 0 radical (unpaired) electrons. The fourth-order valence-electron chi connectivity index (χ4n) is 3.77. The lowest BCUT2D eigenvalue weighted by molar-refractivity contribution is 0.0961. The topological polar surface area (TPSA) is 15.3 Å². The van der Waals surface area contributed by atoms with Gasteiger partial charge in [0.15, 0.2) is 0 Å². The lowest BCUT2D eigenvalue weighted by atomic mass is 9.70. The Morgan fingerprint density at radius 1 is 1.15 bits per heavy atom. The number of hydrogen-bond acceptors (Lipinski definition) is 2. The molecule has 0 aromatic heterocycles. The standard InChI is InChI=1S/C18H36N2/c1-15(2)11-19-13-18(9-7-16(3)8-10-18)14-20(4)12-17-5-6-17/h15-17,19H,5-14H2,1-4H3. The first kappa shape index (κ1) is 16.3. The van der Waals surface area contributed by atoms with Gasteiger partial charge in [-0.15, -0.1) is 0 Å². The van der Waals surface area contributed by atoms with Crippen molar-refractivity contribution in [3.63, 3.8) is 0 Å². The molecule has 2 heteroatoms. The third-order valence-electron chi connectivity index (χ3n) is 5.26. The minimum atomic E-state index is 0.547. The highest BCUT2D eigenvalue weighted by Crippen LogP contribution is 2.40. The van der Waals surface area contributed by atoms with E-state index in [-0.39, 0.29) is 0 Å². The highest BCUT2D eigenvalue weighted by molar-refractivity contribution is 4.90. The van der Waals surface area contributed by atoms with Gasteiger partial charge in [-0.1, -0.05) is 33.6 Å². The van der Waals surface area contributed by atoms with Crippen molar-refractivity contribution in [3.05, 3.63) is 0 Å². The third-order valence-corrected chi connectivity index (χ3v) is 5.26. The predicted molar refractivity (Wildman–Crippen MR) is 88.0 cm³/mol. The van der Waals surface area contributed by atoms with Crippen LogP contribution < -0.4 is 5.32 Å². The maximum Gasteiger partial charge on any atom is 0.00472 e. The largest absolute Gasteiger partial charge is 0.316 e. The van der Waals surface area contributed by atoms with E-state index >= 15 is 0 Å². The molecule has 2 rings (SSSR count). The molecule has 0 saturated heterocycles. The summed E-state index contributed by atoms with van der Waals surface area (Å²) in [5.41, 5.74) is 0.547. The van der Waals surface area contributed by atoms with E-state index < -0.39 is 0 Å². The molecule has 1 N–H and O–H groups in total. The van der Waals surface area contributed by atoms with Crippen molar-refractivity contribution in [3.8, 4) is 0 Å². The van der Waals surface area contributed by atoms with E-state index in [1.165, 1.54) is 64.7 Å². The molecule has 0 unspecified atom stereocenters. The molecule has 0 aromatic rings. The number of nitrogens with one attached hydrogen (secondary N) is 1. The van der Waals surface area contributed by atoms with E-state index in [2.05, 4.69) is 38.0 Å². The number of nitrogens with zero attached hydrogens (tertiary/aromatic N) is 1. The van der Waals surface area contributed by atoms with Crippen molar-refractivity contribution in [2.45, 2.75) is 59.3 Å². The van der Waals surface area contributed by atoms with Gasteiger partial charge >= 0.3 is 0 Å². The first-order valence-electron chi connectivity index (χ1n) is 8.88. The van der Waals surface area contributed by atoms with Crippen LogP contribution in [0.25, 0.3) is 0 Å². The zero-order valence-electron chi connectivity index (χ0n) is 14.3. The molecule has 20 heavy (non-hydrogen) atoms. The molecule has 2 aliphatic rings. The second-order valence-corrected chi connectivity index (χ2v) is 8.35. The van der Waals surface area contributed by atoms with E-state index in [1.54, 1.807) is 0 Å². The first-order chi connectivity index (χ1) is 9.49. The van der Waals surface area contributed by atoms with E-state index in [4.69, 9.17) is 0 Å². The van der Waals surface area contributed by atoms with Crippen LogP contribution in [0.15, 0.2) is 0 Å². The van der Waals surface area contributed by atoms with Gasteiger partial charge in [-0.3, -0.25) is 0 Å². The van der Waals surface area contributed by atoms with Crippen molar-refractivity contribution < 1.29 is 0 Å². The second-order valence-electron chi connectivity index (χ2n) is 8.35. The maximum absolute atomic E-state index is 3.76. The minimum Gasteiger partial charge on any atom is -0.316 e. The Hall–Kier alpha value is -0.0800. The average Bonchev–Trinajstić information content (AvgIpc) is 3.16. The minimum absolute atomic E-state index is 0.547. The van der Waals surface area contributed by atoms with Crippen molar-refractivity contribution in [1.82, 2.24) is 10.2 Å². The van der Waals surface area contributed by atoms with Crippen LogP contribution in [0.3, 0.4) is 0 Å².